The van der Waals surface area contributed by atoms with Crippen molar-refractivity contribution in [2.75, 3.05) is 41.4 Å². The van der Waals surface area contributed by atoms with Crippen LogP contribution in [-0.4, -0.2) is 58.1 Å². The van der Waals surface area contributed by atoms with Crippen molar-refractivity contribution in [2.24, 2.45) is 5.92 Å². The van der Waals surface area contributed by atoms with E-state index in [2.05, 4.69) is 69.0 Å². The van der Waals surface area contributed by atoms with Crippen LogP contribution in [0.1, 0.15) is 91.4 Å². The molecule has 2 N–H and O–H groups in total. The Morgan fingerprint density at radius 2 is 1.89 bits per heavy atom. The minimum Gasteiger partial charge on any atom is -0.483 e. The van der Waals surface area contributed by atoms with Gasteiger partial charge in [0.2, 0.25) is 0 Å². The van der Waals surface area contributed by atoms with E-state index in [4.69, 9.17) is 15.9 Å². The van der Waals surface area contributed by atoms with E-state index in [-0.39, 0.29) is 24.3 Å². The number of terminal acetylenes is 1. The molecule has 2 saturated carbocycles. The zero-order valence-electron chi connectivity index (χ0n) is 23.9. The number of ether oxygens (including phenoxy) is 2. The molecule has 2 aliphatic carbocycles. The summed E-state index contributed by atoms with van der Waals surface area (Å²) in [5, 5.41) is 6.63. The number of hydrogen-bond acceptors (Lipinski definition) is 5. The van der Waals surface area contributed by atoms with Gasteiger partial charge in [0, 0.05) is 44.0 Å². The summed E-state index contributed by atoms with van der Waals surface area (Å²) in [6, 6.07) is 0.608. The van der Waals surface area contributed by atoms with Crippen molar-refractivity contribution in [2.45, 2.75) is 103 Å². The molecule has 203 valence electrons. The number of nitrogens with zero attached hydrogens (tertiary/aromatic N) is 1. The number of hydrogen-bond donors (Lipinski definition) is 2. The second kappa shape index (κ2) is 22.3. The normalized spacial score (nSPS) is 20.8. The molecule has 0 aromatic carbocycles. The smallest absolute Gasteiger partial charge is 0.179 e. The minimum absolute atomic E-state index is 0. The fourth-order valence-corrected chi connectivity index (χ4v) is 4.17. The number of methoxy groups -OCH3 is 2. The predicted molar refractivity (Wildman–Crippen MR) is 148 cm³/mol. The van der Waals surface area contributed by atoms with E-state index in [1.807, 2.05) is 0 Å². The molecule has 0 aromatic rings. The molecule has 0 saturated heterocycles. The van der Waals surface area contributed by atoms with E-state index in [1.165, 1.54) is 56.9 Å². The number of allylic oxidation sites excluding steroid dienone is 1. The zero-order chi connectivity index (χ0) is 25.8. The third-order valence-corrected chi connectivity index (χ3v) is 6.43. The SMILES string of the molecule is C#CC(CC)CCC.C=C(NC1CCCCC1)OC.CCNC1(OC)C/C1=C\CCCN(C)C.[V]. The van der Waals surface area contributed by atoms with Crippen LogP contribution in [0, 0.1) is 18.3 Å². The van der Waals surface area contributed by atoms with E-state index >= 15 is 0 Å². The molecular weight excluding hydrogens is 473 g/mol. The van der Waals surface area contributed by atoms with Crippen molar-refractivity contribution in [3.63, 3.8) is 0 Å². The minimum atomic E-state index is -0.104. The Bertz CT molecular complexity index is 597. The van der Waals surface area contributed by atoms with Crippen LogP contribution < -0.4 is 10.6 Å². The van der Waals surface area contributed by atoms with Gasteiger partial charge in [-0.15, -0.1) is 12.3 Å². The molecule has 0 spiro atoms. The van der Waals surface area contributed by atoms with Gasteiger partial charge in [-0.2, -0.15) is 0 Å². The second-order valence-corrected chi connectivity index (χ2v) is 9.58. The second-order valence-electron chi connectivity index (χ2n) is 9.58. The number of rotatable bonds is 13. The summed E-state index contributed by atoms with van der Waals surface area (Å²) in [5.74, 6) is 3.99. The van der Waals surface area contributed by atoms with Crippen LogP contribution in [0.4, 0.5) is 0 Å². The first kappa shape index (κ1) is 36.3. The fraction of sp³-hybridized carbons (Fsp3) is 0.793. The third kappa shape index (κ3) is 17.2. The summed E-state index contributed by atoms with van der Waals surface area (Å²) in [7, 11) is 7.66. The van der Waals surface area contributed by atoms with Gasteiger partial charge in [0.25, 0.3) is 0 Å². The number of nitrogens with one attached hydrogen (secondary N) is 2. The van der Waals surface area contributed by atoms with Crippen LogP contribution >= 0.6 is 0 Å². The maximum atomic E-state index is 5.49. The topological polar surface area (TPSA) is 45.8 Å². The van der Waals surface area contributed by atoms with Crippen molar-refractivity contribution in [3.8, 4) is 12.3 Å². The van der Waals surface area contributed by atoms with Crippen molar-refractivity contribution >= 4 is 0 Å². The fourth-order valence-electron chi connectivity index (χ4n) is 4.17. The molecular formula is C29H55N3O2V. The standard InChI is InChI=1S/C12H24N2O.C9H17NO.C8H14.V/c1-5-13-12(15-4)10-11(12)8-6-7-9-14(2)3;1-8(11-2)10-9-6-4-3-5-7-9;1-4-7-8(5-2)6-3;/h8,13H,5-7,9-10H2,1-4H3;9-10H,1,3-7H2,2H3;2,8H,4,6-7H2,1,3H3;/b11-8+;;;. The van der Waals surface area contributed by atoms with E-state index in [0.29, 0.717) is 17.8 Å². The number of unbranched alkanes of at least 4 members (excludes halogenated alkanes) is 1. The van der Waals surface area contributed by atoms with Crippen LogP contribution in [-0.2, 0) is 28.0 Å². The van der Waals surface area contributed by atoms with Crippen LogP contribution in [0.2, 0.25) is 0 Å². The first-order valence-corrected chi connectivity index (χ1v) is 13.4. The van der Waals surface area contributed by atoms with Crippen LogP contribution in [0.25, 0.3) is 0 Å². The summed E-state index contributed by atoms with van der Waals surface area (Å²) in [6.45, 7) is 12.3. The average molecular weight is 529 g/mol. The van der Waals surface area contributed by atoms with Crippen molar-refractivity contribution < 1.29 is 28.0 Å². The Balaban J connectivity index is 0. The van der Waals surface area contributed by atoms with E-state index < -0.39 is 0 Å². The van der Waals surface area contributed by atoms with Gasteiger partial charge in [-0.25, -0.2) is 0 Å². The molecule has 6 heteroatoms. The van der Waals surface area contributed by atoms with Crippen LogP contribution in [0.3, 0.4) is 0 Å². The Labute approximate surface area is 230 Å². The molecule has 0 aromatic heterocycles. The van der Waals surface area contributed by atoms with Gasteiger partial charge in [-0.05, 0) is 77.9 Å². The maximum absolute atomic E-state index is 5.49. The molecule has 2 unspecified atom stereocenters. The van der Waals surface area contributed by atoms with Gasteiger partial charge in [-0.1, -0.05) is 52.5 Å². The molecule has 2 fully saturated rings. The first-order valence-electron chi connectivity index (χ1n) is 13.4. The largest absolute Gasteiger partial charge is 0.483 e. The van der Waals surface area contributed by atoms with Gasteiger partial charge in [0.15, 0.2) is 5.88 Å². The Morgan fingerprint density at radius 1 is 1.23 bits per heavy atom. The zero-order valence-corrected chi connectivity index (χ0v) is 25.3. The molecule has 2 rings (SSSR count). The molecule has 2 atom stereocenters. The monoisotopic (exact) mass is 528 g/mol. The summed E-state index contributed by atoms with van der Waals surface area (Å²) in [4.78, 5) is 2.22. The molecule has 5 nitrogen and oxygen atoms in total. The van der Waals surface area contributed by atoms with Gasteiger partial charge in [-0.3, -0.25) is 5.32 Å². The van der Waals surface area contributed by atoms with Gasteiger partial charge in [0.1, 0.15) is 5.72 Å². The summed E-state index contributed by atoms with van der Waals surface area (Å²) >= 11 is 0. The summed E-state index contributed by atoms with van der Waals surface area (Å²) < 4.78 is 10.4. The van der Waals surface area contributed by atoms with Crippen LogP contribution in [0.5, 0.6) is 0 Å². The molecule has 0 bridgehead atoms. The molecule has 2 aliphatic rings. The molecule has 0 heterocycles. The Kier molecular flexibility index (Phi) is 23.1. The number of likely N-dealkylation sites (N-methyl/N-ethyl adjacent to an activating group) is 1. The first-order chi connectivity index (χ1) is 16.3. The third-order valence-electron chi connectivity index (χ3n) is 6.43. The molecule has 0 amide bonds. The molecule has 1 radical (unpaired) electrons. The summed E-state index contributed by atoms with van der Waals surface area (Å²) in [5.41, 5.74) is 1.32. The Hall–Kier alpha value is -0.896. The van der Waals surface area contributed by atoms with E-state index in [1.54, 1.807) is 14.2 Å². The maximum Gasteiger partial charge on any atom is 0.179 e. The van der Waals surface area contributed by atoms with Crippen molar-refractivity contribution in [3.05, 3.63) is 24.1 Å². The van der Waals surface area contributed by atoms with Crippen LogP contribution in [0.15, 0.2) is 24.1 Å². The molecule has 0 aliphatic heterocycles. The van der Waals surface area contributed by atoms with Crippen molar-refractivity contribution in [1.82, 2.24) is 15.5 Å². The van der Waals surface area contributed by atoms with Gasteiger partial charge >= 0.3 is 0 Å². The van der Waals surface area contributed by atoms with E-state index in [0.717, 1.165) is 32.4 Å². The quantitative estimate of drug-likeness (QED) is 0.0997. The predicted octanol–water partition coefficient (Wildman–Crippen LogP) is 6.08. The van der Waals surface area contributed by atoms with Crippen molar-refractivity contribution in [1.29, 1.82) is 0 Å². The Morgan fingerprint density at radius 3 is 2.31 bits per heavy atom. The van der Waals surface area contributed by atoms with Gasteiger partial charge in [0.05, 0.1) is 7.11 Å². The van der Waals surface area contributed by atoms with Gasteiger partial charge < -0.3 is 19.7 Å². The van der Waals surface area contributed by atoms with E-state index in [9.17, 15) is 0 Å². The average Bonchev–Trinajstić information content (AvgIpc) is 3.54. The summed E-state index contributed by atoms with van der Waals surface area (Å²) in [6.07, 6.45) is 21.1. The molecule has 35 heavy (non-hydrogen) atoms.